The van der Waals surface area contributed by atoms with Gasteiger partial charge in [-0.15, -0.1) is 17.0 Å². The van der Waals surface area contributed by atoms with Gasteiger partial charge in [0.1, 0.15) is 0 Å². The van der Waals surface area contributed by atoms with Gasteiger partial charge in [0.05, 0.1) is 5.56 Å². The van der Waals surface area contributed by atoms with Crippen LogP contribution in [0.4, 0.5) is 0 Å². The fourth-order valence-electron chi connectivity index (χ4n) is 1.15. The first-order chi connectivity index (χ1) is 6.69. The summed E-state index contributed by atoms with van der Waals surface area (Å²) in [6, 6.07) is 6.37. The molecule has 0 saturated heterocycles. The van der Waals surface area contributed by atoms with Gasteiger partial charge >= 0.3 is 5.97 Å². The van der Waals surface area contributed by atoms with E-state index in [0.717, 1.165) is 5.56 Å². The molecular formula is C10H13BrO4. The highest BCUT2D eigenvalue weighted by atomic mass is 79.9. The first-order valence-corrected chi connectivity index (χ1v) is 4.08. The molecule has 4 nitrogen and oxygen atoms in total. The van der Waals surface area contributed by atoms with E-state index in [2.05, 4.69) is 0 Å². The van der Waals surface area contributed by atoms with Crippen LogP contribution in [0.1, 0.15) is 22.2 Å². The molecule has 0 aliphatic rings. The standard InChI is InChI=1S/C10H12O4.BrH/c1-13-10(14-2)8-5-3-7(4-6-8)9(11)12;/h3-6,10H,1-2H3,(H,11,12);1H. The van der Waals surface area contributed by atoms with Crippen LogP contribution in [0.5, 0.6) is 0 Å². The zero-order valence-corrected chi connectivity index (χ0v) is 10.2. The van der Waals surface area contributed by atoms with Crippen molar-refractivity contribution in [3.63, 3.8) is 0 Å². The predicted molar refractivity (Wildman–Crippen MR) is 60.5 cm³/mol. The van der Waals surface area contributed by atoms with Crippen molar-refractivity contribution in [2.45, 2.75) is 6.29 Å². The van der Waals surface area contributed by atoms with E-state index in [1.54, 1.807) is 12.1 Å². The number of halogens is 1. The molecule has 0 saturated carbocycles. The van der Waals surface area contributed by atoms with Gasteiger partial charge in [-0.25, -0.2) is 4.79 Å². The number of carboxylic acid groups (broad SMARTS) is 1. The number of rotatable bonds is 4. The summed E-state index contributed by atoms with van der Waals surface area (Å²) in [4.78, 5) is 10.6. The third-order valence-corrected chi connectivity index (χ3v) is 1.86. The van der Waals surface area contributed by atoms with Gasteiger partial charge in [0.25, 0.3) is 0 Å². The van der Waals surface area contributed by atoms with Crippen LogP contribution in [0, 0.1) is 0 Å². The molecule has 0 unspecified atom stereocenters. The van der Waals surface area contributed by atoms with E-state index in [0.29, 0.717) is 0 Å². The van der Waals surface area contributed by atoms with Gasteiger partial charge in [-0.1, -0.05) is 12.1 Å². The van der Waals surface area contributed by atoms with E-state index >= 15 is 0 Å². The molecule has 0 spiro atoms. The number of ether oxygens (including phenoxy) is 2. The van der Waals surface area contributed by atoms with Gasteiger partial charge in [-0.05, 0) is 12.1 Å². The van der Waals surface area contributed by atoms with E-state index in [1.807, 2.05) is 0 Å². The Morgan fingerprint density at radius 3 is 2.00 bits per heavy atom. The third-order valence-electron chi connectivity index (χ3n) is 1.86. The maximum atomic E-state index is 10.6. The van der Waals surface area contributed by atoms with Crippen molar-refractivity contribution in [2.75, 3.05) is 14.2 Å². The summed E-state index contributed by atoms with van der Waals surface area (Å²) in [5.74, 6) is -0.942. The molecule has 1 aromatic rings. The quantitative estimate of drug-likeness (QED) is 0.858. The van der Waals surface area contributed by atoms with Crippen LogP contribution < -0.4 is 0 Å². The second kappa shape index (κ2) is 6.55. The number of hydrogen-bond acceptors (Lipinski definition) is 3. The molecule has 84 valence electrons. The molecule has 0 aliphatic heterocycles. The first-order valence-electron chi connectivity index (χ1n) is 4.08. The molecule has 0 aliphatic carbocycles. The second-order valence-electron chi connectivity index (χ2n) is 2.73. The largest absolute Gasteiger partial charge is 0.478 e. The van der Waals surface area contributed by atoms with Crippen LogP contribution in [0.3, 0.4) is 0 Å². The lowest BCUT2D eigenvalue weighted by molar-refractivity contribution is -0.106. The summed E-state index contributed by atoms with van der Waals surface area (Å²) in [6.07, 6.45) is -0.446. The Morgan fingerprint density at radius 2 is 1.67 bits per heavy atom. The Hall–Kier alpha value is -0.910. The van der Waals surface area contributed by atoms with Gasteiger partial charge in [0, 0.05) is 19.8 Å². The zero-order chi connectivity index (χ0) is 10.6. The lowest BCUT2D eigenvalue weighted by Gasteiger charge is -2.13. The van der Waals surface area contributed by atoms with Crippen molar-refractivity contribution < 1.29 is 19.4 Å². The number of hydrogen-bond donors (Lipinski definition) is 1. The lowest BCUT2D eigenvalue weighted by atomic mass is 10.1. The molecule has 0 fully saturated rings. The normalized spacial score (nSPS) is 9.80. The molecule has 15 heavy (non-hydrogen) atoms. The first kappa shape index (κ1) is 14.1. The van der Waals surface area contributed by atoms with Crippen molar-refractivity contribution in [1.29, 1.82) is 0 Å². The van der Waals surface area contributed by atoms with Crippen LogP contribution in [0.2, 0.25) is 0 Å². The molecule has 0 atom stereocenters. The van der Waals surface area contributed by atoms with Gasteiger partial charge in [0.15, 0.2) is 6.29 Å². The van der Waals surface area contributed by atoms with Crippen molar-refractivity contribution in [1.82, 2.24) is 0 Å². The third kappa shape index (κ3) is 3.62. The van der Waals surface area contributed by atoms with Crippen molar-refractivity contribution in [2.24, 2.45) is 0 Å². The highest BCUT2D eigenvalue weighted by Crippen LogP contribution is 2.17. The van der Waals surface area contributed by atoms with E-state index in [9.17, 15) is 4.79 Å². The van der Waals surface area contributed by atoms with Gasteiger partial charge in [-0.2, -0.15) is 0 Å². The Kier molecular flexibility index (Phi) is 6.15. The SMILES string of the molecule is Br.COC(OC)c1ccc(C(=O)O)cc1. The average Bonchev–Trinajstić information content (AvgIpc) is 2.20. The summed E-state index contributed by atoms with van der Waals surface area (Å²) in [5, 5.41) is 8.67. The fourth-order valence-corrected chi connectivity index (χ4v) is 1.15. The van der Waals surface area contributed by atoms with E-state index < -0.39 is 12.3 Å². The molecule has 0 amide bonds. The van der Waals surface area contributed by atoms with Crippen molar-refractivity contribution in [3.05, 3.63) is 35.4 Å². The van der Waals surface area contributed by atoms with E-state index in [-0.39, 0.29) is 22.5 Å². The highest BCUT2D eigenvalue weighted by molar-refractivity contribution is 8.93. The predicted octanol–water partition coefficient (Wildman–Crippen LogP) is 2.25. The molecule has 0 aromatic heterocycles. The Balaban J connectivity index is 0.00000196. The Labute approximate surface area is 98.6 Å². The number of benzene rings is 1. The molecule has 0 bridgehead atoms. The van der Waals surface area contributed by atoms with E-state index in [4.69, 9.17) is 14.6 Å². The van der Waals surface area contributed by atoms with Crippen LogP contribution in [-0.4, -0.2) is 25.3 Å². The van der Waals surface area contributed by atoms with Crippen LogP contribution in [-0.2, 0) is 9.47 Å². The molecule has 0 radical (unpaired) electrons. The van der Waals surface area contributed by atoms with Crippen molar-refractivity contribution >= 4 is 23.0 Å². The topological polar surface area (TPSA) is 55.8 Å². The van der Waals surface area contributed by atoms with Crippen LogP contribution in [0.25, 0.3) is 0 Å². The second-order valence-corrected chi connectivity index (χ2v) is 2.73. The lowest BCUT2D eigenvalue weighted by Crippen LogP contribution is -2.04. The minimum absolute atomic E-state index is 0. The molecular weight excluding hydrogens is 264 g/mol. The minimum atomic E-state index is -0.942. The number of aromatic carboxylic acids is 1. The van der Waals surface area contributed by atoms with Crippen LogP contribution in [0.15, 0.2) is 24.3 Å². The highest BCUT2D eigenvalue weighted by Gasteiger charge is 2.09. The fraction of sp³-hybridized carbons (Fsp3) is 0.300. The summed E-state index contributed by atoms with van der Waals surface area (Å²) < 4.78 is 10.0. The van der Waals surface area contributed by atoms with Gasteiger partial charge in [0.2, 0.25) is 0 Å². The minimum Gasteiger partial charge on any atom is -0.478 e. The molecule has 0 heterocycles. The molecule has 1 N–H and O–H groups in total. The van der Waals surface area contributed by atoms with Crippen molar-refractivity contribution in [3.8, 4) is 0 Å². The molecule has 1 rings (SSSR count). The summed E-state index contributed by atoms with van der Waals surface area (Å²) in [5.41, 5.74) is 1.04. The molecule has 5 heteroatoms. The number of methoxy groups -OCH3 is 2. The monoisotopic (exact) mass is 276 g/mol. The summed E-state index contributed by atoms with van der Waals surface area (Å²) in [7, 11) is 3.05. The maximum Gasteiger partial charge on any atom is 0.335 e. The summed E-state index contributed by atoms with van der Waals surface area (Å²) in [6.45, 7) is 0. The Bertz CT molecular complexity index is 306. The van der Waals surface area contributed by atoms with E-state index in [1.165, 1.54) is 26.4 Å². The van der Waals surface area contributed by atoms with Crippen LogP contribution >= 0.6 is 17.0 Å². The zero-order valence-electron chi connectivity index (χ0n) is 8.47. The van der Waals surface area contributed by atoms with Gasteiger partial charge in [-0.3, -0.25) is 0 Å². The molecule has 1 aromatic carbocycles. The van der Waals surface area contributed by atoms with Gasteiger partial charge < -0.3 is 14.6 Å². The number of carboxylic acids is 1. The maximum absolute atomic E-state index is 10.6. The smallest absolute Gasteiger partial charge is 0.335 e. The Morgan fingerprint density at radius 1 is 1.20 bits per heavy atom. The average molecular weight is 277 g/mol. The number of carbonyl (C=O) groups is 1. The summed E-state index contributed by atoms with van der Waals surface area (Å²) >= 11 is 0.